The van der Waals surface area contributed by atoms with Gasteiger partial charge >= 0.3 is 0 Å². The molecule has 0 saturated heterocycles. The van der Waals surface area contributed by atoms with Gasteiger partial charge in [-0.2, -0.15) is 0 Å². The maximum absolute atomic E-state index is 6.05. The van der Waals surface area contributed by atoms with Crippen molar-refractivity contribution in [2.75, 3.05) is 19.8 Å². The second-order valence-corrected chi connectivity index (χ2v) is 10.7. The third-order valence-electron chi connectivity index (χ3n) is 5.53. The fourth-order valence-electron chi connectivity index (χ4n) is 3.59. The Morgan fingerprint density at radius 3 is 1.12 bits per heavy atom. The normalized spacial score (nSPS) is 10.9. The summed E-state index contributed by atoms with van der Waals surface area (Å²) in [6, 6.07) is 25.8. The third-order valence-corrected chi connectivity index (χ3v) is 7.91. The van der Waals surface area contributed by atoms with Crippen molar-refractivity contribution in [2.24, 2.45) is 0 Å². The fourth-order valence-corrected chi connectivity index (χ4v) is 5.96. The van der Waals surface area contributed by atoms with Crippen LogP contribution >= 0.6 is 7.92 Å². The lowest BCUT2D eigenvalue weighted by Gasteiger charge is -2.21. The number of hydrogen-bond donors (Lipinski definition) is 0. The Morgan fingerprint density at radius 1 is 0.500 bits per heavy atom. The van der Waals surface area contributed by atoms with Gasteiger partial charge < -0.3 is 14.2 Å². The number of hydrogen-bond acceptors (Lipinski definition) is 3. The quantitative estimate of drug-likeness (QED) is 0.174. The summed E-state index contributed by atoms with van der Waals surface area (Å²) in [5, 5.41) is 3.79. The SMILES string of the molecule is CCCCOc1cccc(P(c2cccc(OCCCC)c2)c2cccc(OCCCC)c2)c1. The van der Waals surface area contributed by atoms with E-state index in [4.69, 9.17) is 14.2 Å². The van der Waals surface area contributed by atoms with Gasteiger partial charge in [0.15, 0.2) is 0 Å². The van der Waals surface area contributed by atoms with E-state index in [2.05, 4.69) is 93.6 Å². The van der Waals surface area contributed by atoms with Crippen LogP contribution in [0, 0.1) is 0 Å². The van der Waals surface area contributed by atoms with Gasteiger partial charge in [0, 0.05) is 0 Å². The van der Waals surface area contributed by atoms with Gasteiger partial charge in [0.1, 0.15) is 17.2 Å². The number of unbranched alkanes of at least 4 members (excludes halogenated alkanes) is 3. The lowest BCUT2D eigenvalue weighted by Crippen LogP contribution is -2.21. The Labute approximate surface area is 207 Å². The third kappa shape index (κ3) is 8.06. The Balaban J connectivity index is 1.96. The van der Waals surface area contributed by atoms with Crippen LogP contribution in [-0.4, -0.2) is 19.8 Å². The van der Waals surface area contributed by atoms with Crippen molar-refractivity contribution in [3.63, 3.8) is 0 Å². The van der Waals surface area contributed by atoms with Gasteiger partial charge in [0.25, 0.3) is 0 Å². The van der Waals surface area contributed by atoms with Crippen LogP contribution in [0.5, 0.6) is 17.2 Å². The van der Waals surface area contributed by atoms with Gasteiger partial charge in [-0.05, 0) is 79.5 Å². The van der Waals surface area contributed by atoms with E-state index in [1.165, 1.54) is 15.9 Å². The van der Waals surface area contributed by atoms with E-state index in [0.717, 1.165) is 75.6 Å². The molecule has 3 nitrogen and oxygen atoms in total. The zero-order valence-electron chi connectivity index (χ0n) is 21.0. The van der Waals surface area contributed by atoms with E-state index in [9.17, 15) is 0 Å². The molecule has 0 bridgehead atoms. The molecular formula is C30H39O3P. The Morgan fingerprint density at radius 2 is 0.824 bits per heavy atom. The largest absolute Gasteiger partial charge is 0.494 e. The van der Waals surface area contributed by atoms with Crippen molar-refractivity contribution in [2.45, 2.75) is 59.3 Å². The molecule has 0 radical (unpaired) electrons. The van der Waals surface area contributed by atoms with Crippen LogP contribution in [0.15, 0.2) is 72.8 Å². The maximum Gasteiger partial charge on any atom is 0.119 e. The van der Waals surface area contributed by atoms with Crippen molar-refractivity contribution in [3.05, 3.63) is 72.8 Å². The van der Waals surface area contributed by atoms with Crippen molar-refractivity contribution in [3.8, 4) is 17.2 Å². The molecule has 0 N–H and O–H groups in total. The molecule has 3 aromatic carbocycles. The zero-order chi connectivity index (χ0) is 24.0. The molecule has 0 saturated carbocycles. The van der Waals surface area contributed by atoms with Gasteiger partial charge in [-0.25, -0.2) is 0 Å². The van der Waals surface area contributed by atoms with Crippen molar-refractivity contribution < 1.29 is 14.2 Å². The summed E-state index contributed by atoms with van der Waals surface area (Å²) in [5.74, 6) is 2.80. The standard InChI is InChI=1S/C30H39O3P/c1-4-7-19-31-25-13-10-16-28(22-25)34(29-17-11-14-26(23-29)32-20-8-5-2)30-18-12-15-27(24-30)33-21-9-6-3/h10-18,22-24H,4-9,19-21H2,1-3H3. The fraction of sp³-hybridized carbons (Fsp3) is 0.400. The molecule has 0 atom stereocenters. The average Bonchev–Trinajstić information content (AvgIpc) is 2.86. The van der Waals surface area contributed by atoms with E-state index in [1.807, 2.05) is 0 Å². The van der Waals surface area contributed by atoms with Crippen LogP contribution in [-0.2, 0) is 0 Å². The van der Waals surface area contributed by atoms with Crippen LogP contribution in [0.1, 0.15) is 59.3 Å². The molecule has 34 heavy (non-hydrogen) atoms. The molecule has 3 aromatic rings. The summed E-state index contributed by atoms with van der Waals surface area (Å²) in [7, 11) is -0.790. The lowest BCUT2D eigenvalue weighted by molar-refractivity contribution is 0.309. The first-order valence-electron chi connectivity index (χ1n) is 12.7. The molecule has 0 fully saturated rings. The van der Waals surface area contributed by atoms with Gasteiger partial charge in [-0.3, -0.25) is 0 Å². The monoisotopic (exact) mass is 478 g/mol. The zero-order valence-corrected chi connectivity index (χ0v) is 21.9. The van der Waals surface area contributed by atoms with Crippen LogP contribution < -0.4 is 30.1 Å². The molecule has 0 spiro atoms. The maximum atomic E-state index is 6.05. The molecule has 0 aliphatic carbocycles. The molecule has 0 heterocycles. The van der Waals surface area contributed by atoms with Gasteiger partial charge in [-0.15, -0.1) is 0 Å². The summed E-state index contributed by atoms with van der Waals surface area (Å²) in [6.45, 7) is 8.80. The molecule has 0 aliphatic rings. The summed E-state index contributed by atoms with van der Waals surface area (Å²) >= 11 is 0. The highest BCUT2D eigenvalue weighted by atomic mass is 31.1. The molecular weight excluding hydrogens is 439 g/mol. The highest BCUT2D eigenvalue weighted by Gasteiger charge is 2.19. The smallest absolute Gasteiger partial charge is 0.119 e. The minimum atomic E-state index is -0.790. The second-order valence-electron chi connectivity index (χ2n) is 8.43. The molecule has 0 aliphatic heterocycles. The molecule has 0 aromatic heterocycles. The van der Waals surface area contributed by atoms with E-state index in [0.29, 0.717) is 0 Å². The molecule has 0 amide bonds. The first-order valence-corrected chi connectivity index (χ1v) is 14.1. The predicted octanol–water partition coefficient (Wildman–Crippen LogP) is 6.98. The summed E-state index contributed by atoms with van der Waals surface area (Å²) < 4.78 is 18.1. The molecule has 4 heteroatoms. The Kier molecular flexibility index (Phi) is 11.3. The van der Waals surface area contributed by atoms with E-state index in [-0.39, 0.29) is 0 Å². The van der Waals surface area contributed by atoms with E-state index < -0.39 is 7.92 Å². The molecule has 0 unspecified atom stereocenters. The molecule has 3 rings (SSSR count). The average molecular weight is 479 g/mol. The van der Waals surface area contributed by atoms with E-state index in [1.54, 1.807) is 0 Å². The van der Waals surface area contributed by atoms with Gasteiger partial charge in [0.05, 0.1) is 19.8 Å². The Bertz CT molecular complexity index is 861. The summed E-state index contributed by atoms with van der Waals surface area (Å²) in [6.07, 6.45) is 6.57. The first kappa shape index (κ1) is 26.1. The number of ether oxygens (including phenoxy) is 3. The van der Waals surface area contributed by atoms with Gasteiger partial charge in [-0.1, -0.05) is 76.4 Å². The number of rotatable bonds is 15. The lowest BCUT2D eigenvalue weighted by atomic mass is 10.3. The highest BCUT2D eigenvalue weighted by Crippen LogP contribution is 2.36. The van der Waals surface area contributed by atoms with Crippen LogP contribution in [0.2, 0.25) is 0 Å². The van der Waals surface area contributed by atoms with Crippen molar-refractivity contribution in [1.82, 2.24) is 0 Å². The predicted molar refractivity (Wildman–Crippen MR) is 146 cm³/mol. The minimum Gasteiger partial charge on any atom is -0.494 e. The minimum absolute atomic E-state index is 0.749. The van der Waals surface area contributed by atoms with Crippen LogP contribution in [0.3, 0.4) is 0 Å². The van der Waals surface area contributed by atoms with Crippen LogP contribution in [0.25, 0.3) is 0 Å². The Hall–Kier alpha value is -2.51. The van der Waals surface area contributed by atoms with Crippen molar-refractivity contribution >= 4 is 23.8 Å². The summed E-state index contributed by atoms with van der Waals surface area (Å²) in [4.78, 5) is 0. The van der Waals surface area contributed by atoms with Crippen LogP contribution in [0.4, 0.5) is 0 Å². The first-order chi connectivity index (χ1) is 16.7. The van der Waals surface area contributed by atoms with Crippen molar-refractivity contribution in [1.29, 1.82) is 0 Å². The molecule has 182 valence electrons. The van der Waals surface area contributed by atoms with E-state index >= 15 is 0 Å². The number of benzene rings is 3. The summed E-state index contributed by atoms with van der Waals surface area (Å²) in [5.41, 5.74) is 0. The van der Waals surface area contributed by atoms with Gasteiger partial charge in [0.2, 0.25) is 0 Å². The topological polar surface area (TPSA) is 27.7 Å². The second kappa shape index (κ2) is 14.7. The highest BCUT2D eigenvalue weighted by molar-refractivity contribution is 7.79.